The largest absolute Gasteiger partial charge is 0.271 e. The highest BCUT2D eigenvalue weighted by atomic mass is 35.5. The Balaban J connectivity index is 2.33. The molecule has 0 saturated carbocycles. The van der Waals surface area contributed by atoms with Crippen LogP contribution in [0.25, 0.3) is 0 Å². The van der Waals surface area contributed by atoms with E-state index >= 15 is 0 Å². The summed E-state index contributed by atoms with van der Waals surface area (Å²) in [6, 6.07) is 9.08. The molecule has 1 unspecified atom stereocenters. The number of hydrogen-bond acceptors (Lipinski definition) is 2. The van der Waals surface area contributed by atoms with Crippen LogP contribution in [-0.2, 0) is 6.42 Å². The molecule has 0 aliphatic carbocycles. The zero-order valence-corrected chi connectivity index (χ0v) is 11.7. The summed E-state index contributed by atoms with van der Waals surface area (Å²) in [6.07, 6.45) is 0.366. The van der Waals surface area contributed by atoms with Gasteiger partial charge in [-0.3, -0.25) is 11.3 Å². The molecule has 0 bridgehead atoms. The molecule has 106 valence electrons. The Labute approximate surface area is 121 Å². The van der Waals surface area contributed by atoms with Gasteiger partial charge in [0, 0.05) is 10.6 Å². The van der Waals surface area contributed by atoms with Crippen molar-refractivity contribution in [1.82, 2.24) is 5.43 Å². The molecule has 0 amide bonds. The lowest BCUT2D eigenvalue weighted by Gasteiger charge is -2.19. The van der Waals surface area contributed by atoms with Gasteiger partial charge in [-0.1, -0.05) is 29.8 Å². The van der Waals surface area contributed by atoms with E-state index in [0.717, 1.165) is 5.56 Å². The molecule has 20 heavy (non-hydrogen) atoms. The van der Waals surface area contributed by atoms with Crippen molar-refractivity contribution in [2.75, 3.05) is 0 Å². The van der Waals surface area contributed by atoms with Gasteiger partial charge in [0.25, 0.3) is 0 Å². The fourth-order valence-electron chi connectivity index (χ4n) is 2.10. The molecule has 0 aliphatic rings. The van der Waals surface area contributed by atoms with Crippen LogP contribution < -0.4 is 11.3 Å². The molecule has 5 heteroatoms. The van der Waals surface area contributed by atoms with Crippen molar-refractivity contribution in [3.05, 3.63) is 69.7 Å². The van der Waals surface area contributed by atoms with E-state index in [1.165, 1.54) is 12.1 Å². The van der Waals surface area contributed by atoms with Crippen LogP contribution >= 0.6 is 11.6 Å². The quantitative estimate of drug-likeness (QED) is 0.667. The molecule has 3 N–H and O–H groups in total. The predicted octanol–water partition coefficient (Wildman–Crippen LogP) is 3.67. The average molecular weight is 297 g/mol. The minimum absolute atomic E-state index is 0.0394. The topological polar surface area (TPSA) is 38.0 Å². The second-order valence-electron chi connectivity index (χ2n) is 4.64. The fraction of sp³-hybridized carbons (Fsp3) is 0.200. The van der Waals surface area contributed by atoms with Crippen molar-refractivity contribution in [2.45, 2.75) is 19.4 Å². The summed E-state index contributed by atoms with van der Waals surface area (Å²) in [5.74, 6) is 4.29. The van der Waals surface area contributed by atoms with Crippen molar-refractivity contribution >= 4 is 11.6 Å². The van der Waals surface area contributed by atoms with Gasteiger partial charge in [0.15, 0.2) is 0 Å². The number of hydrazine groups is 1. The van der Waals surface area contributed by atoms with Gasteiger partial charge in [-0.2, -0.15) is 0 Å². The minimum atomic E-state index is -0.643. The molecule has 2 nitrogen and oxygen atoms in total. The number of rotatable bonds is 4. The van der Waals surface area contributed by atoms with E-state index in [0.29, 0.717) is 17.0 Å². The summed E-state index contributed by atoms with van der Waals surface area (Å²) in [7, 11) is 0. The SMILES string of the molecule is Cc1ccc(F)c(C(Cc2ccc(Cl)cc2)NN)c1F. The molecule has 0 heterocycles. The van der Waals surface area contributed by atoms with Gasteiger partial charge in [-0.05, 0) is 42.7 Å². The summed E-state index contributed by atoms with van der Waals surface area (Å²) < 4.78 is 28.0. The Morgan fingerprint density at radius 3 is 2.40 bits per heavy atom. The highest BCUT2D eigenvalue weighted by molar-refractivity contribution is 6.30. The first kappa shape index (κ1) is 14.9. The van der Waals surface area contributed by atoms with Gasteiger partial charge >= 0.3 is 0 Å². The van der Waals surface area contributed by atoms with Crippen molar-refractivity contribution < 1.29 is 8.78 Å². The van der Waals surface area contributed by atoms with Crippen molar-refractivity contribution in [3.63, 3.8) is 0 Å². The Hall–Kier alpha value is -1.49. The van der Waals surface area contributed by atoms with Crippen molar-refractivity contribution in [2.24, 2.45) is 5.84 Å². The smallest absolute Gasteiger partial charge is 0.133 e. The van der Waals surface area contributed by atoms with E-state index < -0.39 is 17.7 Å². The molecule has 0 radical (unpaired) electrons. The van der Waals surface area contributed by atoms with Gasteiger partial charge in [0.1, 0.15) is 11.6 Å². The molecule has 0 fully saturated rings. The second kappa shape index (κ2) is 6.31. The summed E-state index contributed by atoms with van der Waals surface area (Å²) in [4.78, 5) is 0. The van der Waals surface area contributed by atoms with Gasteiger partial charge < -0.3 is 0 Å². The van der Waals surface area contributed by atoms with E-state index in [1.807, 2.05) is 0 Å². The maximum absolute atomic E-state index is 14.1. The minimum Gasteiger partial charge on any atom is -0.271 e. The fourth-order valence-corrected chi connectivity index (χ4v) is 2.22. The van der Waals surface area contributed by atoms with Gasteiger partial charge in [0.2, 0.25) is 0 Å². The van der Waals surface area contributed by atoms with Crippen LogP contribution in [0.2, 0.25) is 5.02 Å². The number of aryl methyl sites for hydroxylation is 1. The summed E-state index contributed by atoms with van der Waals surface area (Å²) in [6.45, 7) is 1.59. The number of nitrogens with two attached hydrogens (primary N) is 1. The zero-order chi connectivity index (χ0) is 14.7. The monoisotopic (exact) mass is 296 g/mol. The Kier molecular flexibility index (Phi) is 4.70. The normalized spacial score (nSPS) is 12.4. The van der Waals surface area contributed by atoms with Crippen molar-refractivity contribution in [1.29, 1.82) is 0 Å². The van der Waals surface area contributed by atoms with E-state index in [4.69, 9.17) is 17.4 Å². The highest BCUT2D eigenvalue weighted by Gasteiger charge is 2.21. The number of benzene rings is 2. The Morgan fingerprint density at radius 2 is 1.80 bits per heavy atom. The van der Waals surface area contributed by atoms with Crippen LogP contribution in [0.15, 0.2) is 36.4 Å². The highest BCUT2D eigenvalue weighted by Crippen LogP contribution is 2.26. The first-order valence-corrected chi connectivity index (χ1v) is 6.55. The second-order valence-corrected chi connectivity index (χ2v) is 5.08. The molecular formula is C15H15ClF2N2. The standard InChI is InChI=1S/C15H15ClF2N2/c1-9-2-7-12(17)14(15(9)18)13(20-19)8-10-3-5-11(16)6-4-10/h2-7,13,20H,8,19H2,1H3. The van der Waals surface area contributed by atoms with E-state index in [1.54, 1.807) is 31.2 Å². The van der Waals surface area contributed by atoms with E-state index in [-0.39, 0.29) is 5.56 Å². The number of hydrogen-bond donors (Lipinski definition) is 2. The molecular weight excluding hydrogens is 282 g/mol. The van der Waals surface area contributed by atoms with Crippen LogP contribution in [-0.4, -0.2) is 0 Å². The van der Waals surface area contributed by atoms with Crippen molar-refractivity contribution in [3.8, 4) is 0 Å². The molecule has 0 spiro atoms. The molecule has 1 atom stereocenters. The van der Waals surface area contributed by atoms with E-state index in [9.17, 15) is 8.78 Å². The third-order valence-corrected chi connectivity index (χ3v) is 3.47. The van der Waals surface area contributed by atoms with Gasteiger partial charge in [0.05, 0.1) is 6.04 Å². The first-order chi connectivity index (χ1) is 9.52. The molecule has 2 rings (SSSR count). The van der Waals surface area contributed by atoms with Crippen LogP contribution in [0.5, 0.6) is 0 Å². The number of nitrogens with one attached hydrogen (secondary N) is 1. The summed E-state index contributed by atoms with van der Waals surface area (Å²) in [5, 5.41) is 0.610. The van der Waals surface area contributed by atoms with Crippen LogP contribution in [0, 0.1) is 18.6 Å². The molecule has 2 aromatic carbocycles. The lowest BCUT2D eigenvalue weighted by molar-refractivity contribution is 0.470. The Bertz CT molecular complexity index is 600. The summed E-state index contributed by atoms with van der Waals surface area (Å²) in [5.41, 5.74) is 3.71. The molecule has 0 aromatic heterocycles. The number of halogens is 3. The van der Waals surface area contributed by atoms with Crippen LogP contribution in [0.4, 0.5) is 8.78 Å². The lowest BCUT2D eigenvalue weighted by atomic mass is 9.97. The molecule has 2 aromatic rings. The Morgan fingerprint density at radius 1 is 1.15 bits per heavy atom. The zero-order valence-electron chi connectivity index (χ0n) is 11.0. The third kappa shape index (κ3) is 3.15. The first-order valence-electron chi connectivity index (χ1n) is 6.18. The van der Waals surface area contributed by atoms with Gasteiger partial charge in [-0.25, -0.2) is 8.78 Å². The van der Waals surface area contributed by atoms with E-state index in [2.05, 4.69) is 5.43 Å². The lowest BCUT2D eigenvalue weighted by Crippen LogP contribution is -2.31. The average Bonchev–Trinajstić information content (AvgIpc) is 2.44. The summed E-state index contributed by atoms with van der Waals surface area (Å²) >= 11 is 5.81. The maximum atomic E-state index is 14.1. The molecule has 0 saturated heterocycles. The molecule has 0 aliphatic heterocycles. The van der Waals surface area contributed by atoms with Gasteiger partial charge in [-0.15, -0.1) is 0 Å². The predicted molar refractivity (Wildman–Crippen MR) is 76.3 cm³/mol. The third-order valence-electron chi connectivity index (χ3n) is 3.22. The maximum Gasteiger partial charge on any atom is 0.133 e. The van der Waals surface area contributed by atoms with Crippen LogP contribution in [0.1, 0.15) is 22.7 Å². The van der Waals surface area contributed by atoms with Crippen LogP contribution in [0.3, 0.4) is 0 Å².